The highest BCUT2D eigenvalue weighted by Gasteiger charge is 2.52. The van der Waals surface area contributed by atoms with Gasteiger partial charge in [0.2, 0.25) is 0 Å². The van der Waals surface area contributed by atoms with E-state index in [9.17, 15) is 0 Å². The van der Waals surface area contributed by atoms with Gasteiger partial charge < -0.3 is 13.7 Å². The van der Waals surface area contributed by atoms with Gasteiger partial charge in [-0.1, -0.05) is 54.6 Å². The van der Waals surface area contributed by atoms with Crippen LogP contribution in [-0.4, -0.2) is 18.3 Å². The van der Waals surface area contributed by atoms with Gasteiger partial charge in [0.25, 0.3) is 0 Å². The minimum atomic E-state index is -0.432. The smallest absolute Gasteiger partial charge is 0.456 e. The third-order valence-corrected chi connectivity index (χ3v) is 6.15. The molecule has 28 heavy (non-hydrogen) atoms. The van der Waals surface area contributed by atoms with Crippen LogP contribution >= 0.6 is 0 Å². The van der Waals surface area contributed by atoms with E-state index in [1.165, 1.54) is 0 Å². The zero-order valence-electron chi connectivity index (χ0n) is 16.7. The van der Waals surface area contributed by atoms with E-state index >= 15 is 0 Å². The summed E-state index contributed by atoms with van der Waals surface area (Å²) in [6.45, 7) is 8.34. The molecule has 0 aliphatic carbocycles. The Morgan fingerprint density at radius 1 is 0.679 bits per heavy atom. The molecule has 0 N–H and O–H groups in total. The zero-order valence-corrected chi connectivity index (χ0v) is 16.7. The Balaban J connectivity index is 1.82. The molecular formula is C24H23BO3. The van der Waals surface area contributed by atoms with Crippen molar-refractivity contribution in [3.8, 4) is 11.1 Å². The van der Waals surface area contributed by atoms with Crippen LogP contribution in [0.4, 0.5) is 0 Å². The number of hydrogen-bond acceptors (Lipinski definition) is 3. The molecule has 0 bridgehead atoms. The second kappa shape index (κ2) is 5.97. The topological polar surface area (TPSA) is 31.6 Å². The molecule has 5 rings (SSSR count). The summed E-state index contributed by atoms with van der Waals surface area (Å²) in [5, 5.41) is 2.21. The van der Waals surface area contributed by atoms with Crippen molar-refractivity contribution in [2.24, 2.45) is 0 Å². The Morgan fingerprint density at radius 3 is 2.04 bits per heavy atom. The molecule has 0 saturated carbocycles. The van der Waals surface area contributed by atoms with Crippen molar-refractivity contribution in [1.29, 1.82) is 0 Å². The van der Waals surface area contributed by atoms with Crippen LogP contribution in [0.5, 0.6) is 0 Å². The first-order valence-electron chi connectivity index (χ1n) is 9.73. The molecule has 1 aromatic heterocycles. The van der Waals surface area contributed by atoms with Crippen LogP contribution in [0.2, 0.25) is 0 Å². The second-order valence-electron chi connectivity index (χ2n) is 8.46. The molecule has 140 valence electrons. The number of furan rings is 1. The molecule has 1 fully saturated rings. The highest BCUT2D eigenvalue weighted by molar-refractivity contribution is 6.64. The molecule has 3 aromatic carbocycles. The summed E-state index contributed by atoms with van der Waals surface area (Å²) in [7, 11) is -0.432. The number of hydrogen-bond donors (Lipinski definition) is 0. The van der Waals surface area contributed by atoms with Crippen LogP contribution in [0.1, 0.15) is 27.7 Å². The fourth-order valence-corrected chi connectivity index (χ4v) is 3.92. The molecule has 0 radical (unpaired) electrons. The van der Waals surface area contributed by atoms with Gasteiger partial charge in [-0.05, 0) is 56.4 Å². The number of rotatable bonds is 2. The summed E-state index contributed by atoms with van der Waals surface area (Å²) in [4.78, 5) is 0. The molecule has 1 saturated heterocycles. The van der Waals surface area contributed by atoms with Crippen LogP contribution in [0.3, 0.4) is 0 Å². The Kier molecular flexibility index (Phi) is 3.74. The Hall–Kier alpha value is -2.56. The van der Waals surface area contributed by atoms with Crippen LogP contribution in [0.25, 0.3) is 33.1 Å². The average molecular weight is 370 g/mol. The second-order valence-corrected chi connectivity index (χ2v) is 8.46. The van der Waals surface area contributed by atoms with Crippen LogP contribution < -0.4 is 5.46 Å². The van der Waals surface area contributed by atoms with Crippen molar-refractivity contribution < 1.29 is 13.7 Å². The predicted molar refractivity (Wildman–Crippen MR) is 115 cm³/mol. The SMILES string of the molecule is CC1(C)OB(c2ccc3oc4ccccc4c3c2-c2ccccc2)OC1(C)C. The van der Waals surface area contributed by atoms with E-state index in [0.717, 1.165) is 38.5 Å². The van der Waals surface area contributed by atoms with E-state index in [1.807, 2.05) is 30.3 Å². The normalized spacial score (nSPS) is 18.2. The van der Waals surface area contributed by atoms with E-state index in [4.69, 9.17) is 13.7 Å². The quantitative estimate of drug-likeness (QED) is 0.434. The molecule has 2 heterocycles. The number of fused-ring (bicyclic) bond motifs is 3. The average Bonchev–Trinajstić information content (AvgIpc) is 3.15. The third kappa shape index (κ3) is 2.52. The minimum absolute atomic E-state index is 0.390. The number of para-hydroxylation sites is 1. The van der Waals surface area contributed by atoms with E-state index in [2.05, 4.69) is 64.1 Å². The van der Waals surface area contributed by atoms with Gasteiger partial charge in [0, 0.05) is 10.8 Å². The van der Waals surface area contributed by atoms with Gasteiger partial charge in [-0.15, -0.1) is 0 Å². The lowest BCUT2D eigenvalue weighted by Gasteiger charge is -2.32. The molecule has 1 aliphatic rings. The lowest BCUT2D eigenvalue weighted by molar-refractivity contribution is 0.00578. The Bertz CT molecular complexity index is 1160. The van der Waals surface area contributed by atoms with E-state index in [1.54, 1.807) is 0 Å². The first-order chi connectivity index (χ1) is 13.4. The summed E-state index contributed by atoms with van der Waals surface area (Å²) >= 11 is 0. The van der Waals surface area contributed by atoms with Crippen LogP contribution in [-0.2, 0) is 9.31 Å². The van der Waals surface area contributed by atoms with E-state index in [-0.39, 0.29) is 11.2 Å². The van der Waals surface area contributed by atoms with Crippen molar-refractivity contribution in [3.05, 3.63) is 66.7 Å². The van der Waals surface area contributed by atoms with Gasteiger partial charge in [-0.25, -0.2) is 0 Å². The van der Waals surface area contributed by atoms with Gasteiger partial charge in [0.15, 0.2) is 0 Å². The van der Waals surface area contributed by atoms with E-state index in [0.29, 0.717) is 0 Å². The summed E-state index contributed by atoms with van der Waals surface area (Å²) < 4.78 is 18.9. The van der Waals surface area contributed by atoms with Crippen molar-refractivity contribution in [2.75, 3.05) is 0 Å². The Morgan fingerprint density at radius 2 is 1.32 bits per heavy atom. The largest absolute Gasteiger partial charge is 0.495 e. The van der Waals surface area contributed by atoms with Crippen molar-refractivity contribution in [1.82, 2.24) is 0 Å². The summed E-state index contributed by atoms with van der Waals surface area (Å²) in [5.74, 6) is 0. The van der Waals surface area contributed by atoms with Gasteiger partial charge in [-0.3, -0.25) is 0 Å². The fraction of sp³-hybridized carbons (Fsp3) is 0.250. The maximum atomic E-state index is 6.40. The van der Waals surface area contributed by atoms with Gasteiger partial charge in [0.1, 0.15) is 11.2 Å². The summed E-state index contributed by atoms with van der Waals surface area (Å²) in [5.41, 5.74) is 4.26. The molecule has 0 unspecified atom stereocenters. The van der Waals surface area contributed by atoms with Crippen molar-refractivity contribution in [2.45, 2.75) is 38.9 Å². The summed E-state index contributed by atoms with van der Waals surface area (Å²) in [6.07, 6.45) is 0. The molecule has 4 heteroatoms. The maximum Gasteiger partial charge on any atom is 0.495 e. The first-order valence-corrected chi connectivity index (χ1v) is 9.73. The third-order valence-electron chi connectivity index (χ3n) is 6.15. The first kappa shape index (κ1) is 17.5. The monoisotopic (exact) mass is 370 g/mol. The molecule has 1 aliphatic heterocycles. The highest BCUT2D eigenvalue weighted by Crippen LogP contribution is 2.40. The highest BCUT2D eigenvalue weighted by atomic mass is 16.7. The minimum Gasteiger partial charge on any atom is -0.456 e. The molecule has 0 spiro atoms. The molecular weight excluding hydrogens is 347 g/mol. The molecule has 3 nitrogen and oxygen atoms in total. The summed E-state index contributed by atoms with van der Waals surface area (Å²) in [6, 6.07) is 22.7. The van der Waals surface area contributed by atoms with Crippen LogP contribution in [0.15, 0.2) is 71.1 Å². The predicted octanol–water partition coefficient (Wildman–Crippen LogP) is 5.55. The lowest BCUT2D eigenvalue weighted by Crippen LogP contribution is -2.41. The molecule has 0 amide bonds. The van der Waals surface area contributed by atoms with Crippen LogP contribution in [0, 0.1) is 0 Å². The van der Waals surface area contributed by atoms with Crippen molar-refractivity contribution >= 4 is 34.5 Å². The standard InChI is InChI=1S/C24H23BO3/c1-23(2)24(3,4)28-25(27-23)18-14-15-20-22(17-12-8-9-13-19(17)26-20)21(18)16-10-6-5-7-11-16/h5-15H,1-4H3. The zero-order chi connectivity index (χ0) is 19.5. The van der Waals surface area contributed by atoms with Gasteiger partial charge in [0.05, 0.1) is 11.2 Å². The van der Waals surface area contributed by atoms with E-state index < -0.39 is 7.12 Å². The lowest BCUT2D eigenvalue weighted by atomic mass is 9.73. The maximum absolute atomic E-state index is 6.40. The van der Waals surface area contributed by atoms with Gasteiger partial charge >= 0.3 is 7.12 Å². The molecule has 4 aromatic rings. The Labute approximate surface area is 165 Å². The molecule has 0 atom stereocenters. The van der Waals surface area contributed by atoms with Gasteiger partial charge in [-0.2, -0.15) is 0 Å². The van der Waals surface area contributed by atoms with Crippen molar-refractivity contribution in [3.63, 3.8) is 0 Å². The number of benzene rings is 3. The fourth-order valence-electron chi connectivity index (χ4n) is 3.92.